The van der Waals surface area contributed by atoms with Crippen molar-refractivity contribution in [1.29, 1.82) is 0 Å². The number of barbiturate groups is 1. The highest BCUT2D eigenvalue weighted by molar-refractivity contribution is 6.39. The maximum absolute atomic E-state index is 13.9. The predicted octanol–water partition coefficient (Wildman–Crippen LogP) is 5.63. The zero-order valence-corrected chi connectivity index (χ0v) is 20.0. The van der Waals surface area contributed by atoms with Crippen molar-refractivity contribution in [3.8, 4) is 5.75 Å². The number of halogens is 1. The molecule has 0 spiro atoms. The van der Waals surface area contributed by atoms with Gasteiger partial charge in [-0.1, -0.05) is 48.5 Å². The zero-order valence-electron chi connectivity index (χ0n) is 20.0. The van der Waals surface area contributed by atoms with Crippen molar-refractivity contribution in [2.24, 2.45) is 0 Å². The van der Waals surface area contributed by atoms with E-state index in [0.29, 0.717) is 30.0 Å². The first-order valence-electron chi connectivity index (χ1n) is 11.8. The molecule has 0 saturated carbocycles. The number of hydrogen-bond donors (Lipinski definition) is 1. The van der Waals surface area contributed by atoms with Crippen LogP contribution >= 0.6 is 0 Å². The molecule has 0 aromatic heterocycles. The first-order valence-corrected chi connectivity index (χ1v) is 11.8. The fourth-order valence-electron chi connectivity index (χ4n) is 4.43. The first-order chi connectivity index (χ1) is 17.9. The topological polar surface area (TPSA) is 75.7 Å². The minimum atomic E-state index is -0.825. The molecule has 6 nitrogen and oxygen atoms in total. The molecule has 4 aromatic carbocycles. The number of rotatable bonds is 6. The summed E-state index contributed by atoms with van der Waals surface area (Å²) in [6.45, 7) is 2.33. The van der Waals surface area contributed by atoms with Crippen LogP contribution in [0, 0.1) is 5.82 Å². The Morgan fingerprint density at radius 3 is 2.46 bits per heavy atom. The summed E-state index contributed by atoms with van der Waals surface area (Å²) in [5.41, 5.74) is 2.34. The molecule has 0 radical (unpaired) electrons. The Morgan fingerprint density at radius 1 is 0.919 bits per heavy atom. The van der Waals surface area contributed by atoms with Gasteiger partial charge in [-0.15, -0.1) is 0 Å². The lowest BCUT2D eigenvalue weighted by atomic mass is 9.92. The molecule has 4 aromatic rings. The van der Waals surface area contributed by atoms with E-state index in [1.807, 2.05) is 49.4 Å². The predicted molar refractivity (Wildman–Crippen MR) is 140 cm³/mol. The molecule has 7 heteroatoms. The van der Waals surface area contributed by atoms with Gasteiger partial charge in [0, 0.05) is 0 Å². The van der Waals surface area contributed by atoms with Gasteiger partial charge in [0.1, 0.15) is 17.1 Å². The number of imide groups is 2. The quantitative estimate of drug-likeness (QED) is 0.278. The van der Waals surface area contributed by atoms with Gasteiger partial charge in [0.2, 0.25) is 0 Å². The second kappa shape index (κ2) is 10.1. The number of amides is 4. The van der Waals surface area contributed by atoms with E-state index in [-0.39, 0.29) is 11.4 Å². The van der Waals surface area contributed by atoms with E-state index < -0.39 is 17.8 Å². The minimum absolute atomic E-state index is 0.176. The molecule has 1 N–H and O–H groups in total. The van der Waals surface area contributed by atoms with Gasteiger partial charge in [0.05, 0.1) is 12.3 Å². The van der Waals surface area contributed by atoms with E-state index in [0.717, 1.165) is 26.8 Å². The highest BCUT2D eigenvalue weighted by Gasteiger charge is 2.37. The number of hydrogen-bond acceptors (Lipinski definition) is 4. The summed E-state index contributed by atoms with van der Waals surface area (Å²) in [5.74, 6) is -1.25. The molecule has 0 unspecified atom stereocenters. The van der Waals surface area contributed by atoms with Gasteiger partial charge in [-0.3, -0.25) is 14.9 Å². The number of nitrogens with one attached hydrogen (secondary N) is 1. The molecule has 1 heterocycles. The summed E-state index contributed by atoms with van der Waals surface area (Å²) in [4.78, 5) is 40.0. The van der Waals surface area contributed by atoms with Crippen LogP contribution in [-0.2, 0) is 16.0 Å². The summed E-state index contributed by atoms with van der Waals surface area (Å²) in [7, 11) is 0. The third-order valence-electron chi connectivity index (χ3n) is 6.14. The molecule has 184 valence electrons. The average Bonchev–Trinajstić information content (AvgIpc) is 2.88. The summed E-state index contributed by atoms with van der Waals surface area (Å²) in [6, 6.07) is 23.4. The van der Waals surface area contributed by atoms with Crippen molar-refractivity contribution in [2.45, 2.75) is 13.3 Å². The molecule has 1 saturated heterocycles. The molecular weight excluding hydrogens is 471 g/mol. The highest BCUT2D eigenvalue weighted by Crippen LogP contribution is 2.29. The lowest BCUT2D eigenvalue weighted by molar-refractivity contribution is -0.122. The van der Waals surface area contributed by atoms with E-state index in [2.05, 4.69) is 5.32 Å². The minimum Gasteiger partial charge on any atom is -0.494 e. The van der Waals surface area contributed by atoms with Gasteiger partial charge in [-0.05, 0) is 83.3 Å². The fraction of sp³-hybridized carbons (Fsp3) is 0.100. The number of carbonyl (C=O) groups is 3. The van der Waals surface area contributed by atoms with E-state index in [9.17, 15) is 18.8 Å². The Balaban J connectivity index is 1.60. The largest absolute Gasteiger partial charge is 0.494 e. The Labute approximate surface area is 213 Å². The number of anilines is 1. The number of ether oxygens (including phenoxy) is 1. The van der Waals surface area contributed by atoms with Crippen molar-refractivity contribution < 1.29 is 23.5 Å². The molecule has 4 amide bonds. The van der Waals surface area contributed by atoms with Crippen LogP contribution in [0.1, 0.15) is 23.6 Å². The van der Waals surface area contributed by atoms with E-state index in [1.54, 1.807) is 30.3 Å². The SMILES string of the molecule is CCOc1ccc(N2C(=O)NC(=O)/C(=C\c3c(Cc4cccc(F)c4)ccc4ccccc34)C2=O)cc1. The molecule has 5 rings (SSSR count). The number of urea groups is 1. The van der Waals surface area contributed by atoms with E-state index >= 15 is 0 Å². The van der Waals surface area contributed by atoms with Gasteiger partial charge < -0.3 is 4.74 Å². The van der Waals surface area contributed by atoms with Crippen molar-refractivity contribution in [3.63, 3.8) is 0 Å². The number of carbonyl (C=O) groups excluding carboxylic acids is 3. The molecule has 0 aliphatic carbocycles. The number of benzene rings is 4. The Bertz CT molecular complexity index is 1560. The van der Waals surface area contributed by atoms with Crippen LogP contribution < -0.4 is 15.0 Å². The van der Waals surface area contributed by atoms with Crippen LogP contribution in [0.3, 0.4) is 0 Å². The van der Waals surface area contributed by atoms with Crippen molar-refractivity contribution in [3.05, 3.63) is 113 Å². The summed E-state index contributed by atoms with van der Waals surface area (Å²) in [6.07, 6.45) is 1.90. The van der Waals surface area contributed by atoms with Gasteiger partial charge >= 0.3 is 6.03 Å². The maximum atomic E-state index is 13.9. The van der Waals surface area contributed by atoms with Gasteiger partial charge in [0.25, 0.3) is 11.8 Å². The average molecular weight is 495 g/mol. The van der Waals surface area contributed by atoms with Gasteiger partial charge in [-0.2, -0.15) is 0 Å². The van der Waals surface area contributed by atoms with Crippen LogP contribution in [0.5, 0.6) is 5.75 Å². The van der Waals surface area contributed by atoms with E-state index in [4.69, 9.17) is 4.74 Å². The zero-order chi connectivity index (χ0) is 25.9. The molecule has 0 atom stereocenters. The van der Waals surface area contributed by atoms with Crippen molar-refractivity contribution in [1.82, 2.24) is 5.32 Å². The van der Waals surface area contributed by atoms with Crippen LogP contribution in [0.2, 0.25) is 0 Å². The summed E-state index contributed by atoms with van der Waals surface area (Å²) in [5, 5.41) is 4.02. The fourth-order valence-corrected chi connectivity index (χ4v) is 4.43. The van der Waals surface area contributed by atoms with Crippen LogP contribution in [0.4, 0.5) is 14.9 Å². The van der Waals surface area contributed by atoms with Crippen LogP contribution in [0.25, 0.3) is 16.8 Å². The Morgan fingerprint density at radius 2 is 1.70 bits per heavy atom. The molecule has 0 bridgehead atoms. The highest BCUT2D eigenvalue weighted by atomic mass is 19.1. The first kappa shape index (κ1) is 23.9. The van der Waals surface area contributed by atoms with E-state index in [1.165, 1.54) is 18.2 Å². The van der Waals surface area contributed by atoms with Gasteiger partial charge in [0.15, 0.2) is 0 Å². The van der Waals surface area contributed by atoms with Crippen LogP contribution in [0.15, 0.2) is 90.5 Å². The lowest BCUT2D eigenvalue weighted by Gasteiger charge is -2.26. The smallest absolute Gasteiger partial charge is 0.335 e. The maximum Gasteiger partial charge on any atom is 0.335 e. The van der Waals surface area contributed by atoms with Gasteiger partial charge in [-0.25, -0.2) is 14.1 Å². The number of fused-ring (bicyclic) bond motifs is 1. The molecule has 1 aliphatic heterocycles. The second-order valence-electron chi connectivity index (χ2n) is 8.55. The Kier molecular flexibility index (Phi) is 6.51. The molecule has 1 fully saturated rings. The lowest BCUT2D eigenvalue weighted by Crippen LogP contribution is -2.54. The molecule has 1 aliphatic rings. The third-order valence-corrected chi connectivity index (χ3v) is 6.14. The standard InChI is InChI=1S/C30H23FN2O4/c1-2-37-24-14-12-23(13-15-24)33-29(35)27(28(34)32-30(33)36)18-26-21(16-19-6-5-8-22(31)17-19)11-10-20-7-3-4-9-25(20)26/h3-15,17-18H,2,16H2,1H3,(H,32,34,36)/b27-18+. The Hall–Kier alpha value is -4.78. The molecular formula is C30H23FN2O4. The normalized spacial score (nSPS) is 14.8. The number of nitrogens with zero attached hydrogens (tertiary/aromatic N) is 1. The monoisotopic (exact) mass is 494 g/mol. The van der Waals surface area contributed by atoms with Crippen molar-refractivity contribution >= 4 is 40.4 Å². The second-order valence-corrected chi connectivity index (χ2v) is 8.55. The summed E-state index contributed by atoms with van der Waals surface area (Å²) >= 11 is 0. The third kappa shape index (κ3) is 4.84. The summed E-state index contributed by atoms with van der Waals surface area (Å²) < 4.78 is 19.3. The van der Waals surface area contributed by atoms with Crippen molar-refractivity contribution in [2.75, 3.05) is 11.5 Å². The molecule has 37 heavy (non-hydrogen) atoms. The van der Waals surface area contributed by atoms with Crippen LogP contribution in [-0.4, -0.2) is 24.5 Å².